The summed E-state index contributed by atoms with van der Waals surface area (Å²) in [7, 11) is 1.73. The fraction of sp³-hybridized carbons (Fsp3) is 0.857. The predicted molar refractivity (Wildman–Crippen MR) is 77.5 cm³/mol. The van der Waals surface area contributed by atoms with E-state index in [1.807, 2.05) is 6.92 Å². The number of nitrogens with zero attached hydrogens (tertiary/aromatic N) is 1. The van der Waals surface area contributed by atoms with E-state index in [9.17, 15) is 9.59 Å². The molecular weight excluding hydrogens is 242 g/mol. The van der Waals surface area contributed by atoms with Crippen molar-refractivity contribution in [1.82, 2.24) is 10.2 Å². The van der Waals surface area contributed by atoms with Gasteiger partial charge in [0, 0.05) is 20.0 Å². The van der Waals surface area contributed by atoms with E-state index in [1.54, 1.807) is 18.9 Å². The quantitative estimate of drug-likeness (QED) is 0.691. The van der Waals surface area contributed by atoms with Gasteiger partial charge in [0.25, 0.3) is 0 Å². The minimum atomic E-state index is -0.477. The van der Waals surface area contributed by atoms with Crippen molar-refractivity contribution < 1.29 is 9.59 Å². The summed E-state index contributed by atoms with van der Waals surface area (Å²) in [6, 6.07) is -0.477. The number of nitrogens with two attached hydrogens (primary N) is 1. The summed E-state index contributed by atoms with van der Waals surface area (Å²) in [5, 5.41) is 2.75. The van der Waals surface area contributed by atoms with Crippen LogP contribution in [0.3, 0.4) is 0 Å². The van der Waals surface area contributed by atoms with E-state index < -0.39 is 6.04 Å². The largest absolute Gasteiger partial charge is 0.345 e. The topological polar surface area (TPSA) is 75.4 Å². The van der Waals surface area contributed by atoms with E-state index in [0.29, 0.717) is 25.4 Å². The smallest absolute Gasteiger partial charge is 0.244 e. The van der Waals surface area contributed by atoms with Crippen LogP contribution in [0.2, 0.25) is 0 Å². The van der Waals surface area contributed by atoms with Crippen molar-refractivity contribution in [2.24, 2.45) is 17.6 Å². The van der Waals surface area contributed by atoms with Gasteiger partial charge in [-0.2, -0.15) is 0 Å². The normalized spacial score (nSPS) is 14.1. The second-order valence-electron chi connectivity index (χ2n) is 5.58. The van der Waals surface area contributed by atoms with Crippen molar-refractivity contribution in [1.29, 1.82) is 0 Å². The molecular formula is C14H29N3O2. The lowest BCUT2D eigenvalue weighted by Gasteiger charge is -2.22. The van der Waals surface area contributed by atoms with E-state index in [4.69, 9.17) is 5.73 Å². The first-order valence-electron chi connectivity index (χ1n) is 7.06. The lowest BCUT2D eigenvalue weighted by Crippen LogP contribution is -2.46. The molecule has 0 aliphatic heterocycles. The third-order valence-corrected chi connectivity index (χ3v) is 3.21. The summed E-state index contributed by atoms with van der Waals surface area (Å²) in [6.07, 6.45) is 1.32. The standard InChI is InChI=1S/C14H29N3O2/c1-6-17(5)14(19)11(4)16-13(18)8-12(9-15)7-10(2)3/h10-12H,6-9,15H2,1-5H3,(H,16,18). The highest BCUT2D eigenvalue weighted by molar-refractivity contribution is 5.87. The molecule has 2 amide bonds. The second-order valence-corrected chi connectivity index (χ2v) is 5.58. The lowest BCUT2D eigenvalue weighted by molar-refractivity contribution is -0.135. The van der Waals surface area contributed by atoms with Crippen LogP contribution in [0.25, 0.3) is 0 Å². The van der Waals surface area contributed by atoms with E-state index >= 15 is 0 Å². The van der Waals surface area contributed by atoms with Gasteiger partial charge < -0.3 is 16.0 Å². The highest BCUT2D eigenvalue weighted by atomic mass is 16.2. The molecule has 0 aromatic rings. The Kier molecular flexibility index (Phi) is 8.39. The molecule has 2 atom stereocenters. The second kappa shape index (κ2) is 8.91. The molecule has 0 saturated carbocycles. The zero-order valence-corrected chi connectivity index (χ0v) is 12.9. The van der Waals surface area contributed by atoms with Crippen LogP contribution < -0.4 is 11.1 Å². The van der Waals surface area contributed by atoms with Crippen molar-refractivity contribution in [3.8, 4) is 0 Å². The average Bonchev–Trinajstić information content (AvgIpc) is 2.35. The Morgan fingerprint density at radius 2 is 1.84 bits per heavy atom. The minimum Gasteiger partial charge on any atom is -0.345 e. The van der Waals surface area contributed by atoms with Crippen LogP contribution in [0, 0.1) is 11.8 Å². The summed E-state index contributed by atoms with van der Waals surface area (Å²) in [6.45, 7) is 8.98. The maximum atomic E-state index is 11.9. The predicted octanol–water partition coefficient (Wildman–Crippen LogP) is 0.981. The van der Waals surface area contributed by atoms with E-state index in [0.717, 1.165) is 6.42 Å². The number of hydrogen-bond donors (Lipinski definition) is 2. The van der Waals surface area contributed by atoms with Crippen LogP contribution in [0.1, 0.15) is 40.5 Å². The third kappa shape index (κ3) is 7.15. The first-order chi connectivity index (χ1) is 8.81. The van der Waals surface area contributed by atoms with Crippen LogP contribution in [0.4, 0.5) is 0 Å². The third-order valence-electron chi connectivity index (χ3n) is 3.21. The minimum absolute atomic E-state index is 0.0657. The summed E-state index contributed by atoms with van der Waals surface area (Å²) in [4.78, 5) is 25.3. The van der Waals surface area contributed by atoms with E-state index in [2.05, 4.69) is 19.2 Å². The summed E-state index contributed by atoms with van der Waals surface area (Å²) in [5.74, 6) is 0.545. The molecule has 0 aromatic carbocycles. The lowest BCUT2D eigenvalue weighted by atomic mass is 9.94. The van der Waals surface area contributed by atoms with Gasteiger partial charge in [-0.15, -0.1) is 0 Å². The van der Waals surface area contributed by atoms with Gasteiger partial charge in [0.1, 0.15) is 6.04 Å². The van der Waals surface area contributed by atoms with Crippen LogP contribution >= 0.6 is 0 Å². The molecule has 0 heterocycles. The van der Waals surface area contributed by atoms with Gasteiger partial charge in [-0.3, -0.25) is 9.59 Å². The monoisotopic (exact) mass is 271 g/mol. The molecule has 112 valence electrons. The molecule has 19 heavy (non-hydrogen) atoms. The number of carbonyl (C=O) groups is 2. The van der Waals surface area contributed by atoms with E-state index in [1.165, 1.54) is 0 Å². The number of amides is 2. The number of carbonyl (C=O) groups excluding carboxylic acids is 2. The zero-order valence-electron chi connectivity index (χ0n) is 12.9. The van der Waals surface area contributed by atoms with Crippen molar-refractivity contribution >= 4 is 11.8 Å². The molecule has 3 N–H and O–H groups in total. The maximum Gasteiger partial charge on any atom is 0.244 e. The van der Waals surface area contributed by atoms with Gasteiger partial charge >= 0.3 is 0 Å². The molecule has 0 fully saturated rings. The molecule has 0 aliphatic rings. The number of hydrogen-bond acceptors (Lipinski definition) is 3. The van der Waals surface area contributed by atoms with Gasteiger partial charge in [0.05, 0.1) is 0 Å². The molecule has 0 spiro atoms. The van der Waals surface area contributed by atoms with Crippen LogP contribution in [0.5, 0.6) is 0 Å². The number of likely N-dealkylation sites (N-methyl/N-ethyl adjacent to an activating group) is 1. The molecule has 0 rings (SSSR count). The molecule has 5 nitrogen and oxygen atoms in total. The van der Waals surface area contributed by atoms with Gasteiger partial charge in [-0.25, -0.2) is 0 Å². The Hall–Kier alpha value is -1.10. The molecule has 2 unspecified atom stereocenters. The highest BCUT2D eigenvalue weighted by Gasteiger charge is 2.20. The summed E-state index contributed by atoms with van der Waals surface area (Å²) >= 11 is 0. The molecule has 5 heteroatoms. The molecule has 0 aliphatic carbocycles. The van der Waals surface area contributed by atoms with Crippen molar-refractivity contribution in [3.05, 3.63) is 0 Å². The zero-order chi connectivity index (χ0) is 15.0. The Labute approximate surface area is 116 Å². The fourth-order valence-corrected chi connectivity index (χ4v) is 2.04. The SMILES string of the molecule is CCN(C)C(=O)C(C)NC(=O)CC(CN)CC(C)C. The summed E-state index contributed by atoms with van der Waals surface area (Å²) < 4.78 is 0. The molecule has 0 aromatic heterocycles. The van der Waals surface area contributed by atoms with Crippen LogP contribution in [-0.2, 0) is 9.59 Å². The van der Waals surface area contributed by atoms with Crippen molar-refractivity contribution in [2.75, 3.05) is 20.1 Å². The Morgan fingerprint density at radius 1 is 1.26 bits per heavy atom. The fourth-order valence-electron chi connectivity index (χ4n) is 2.04. The Morgan fingerprint density at radius 3 is 2.26 bits per heavy atom. The average molecular weight is 271 g/mol. The molecule has 0 radical (unpaired) electrons. The van der Waals surface area contributed by atoms with Crippen LogP contribution in [-0.4, -0.2) is 42.9 Å². The number of nitrogens with one attached hydrogen (secondary N) is 1. The first kappa shape index (κ1) is 17.9. The van der Waals surface area contributed by atoms with Gasteiger partial charge in [0.2, 0.25) is 11.8 Å². The van der Waals surface area contributed by atoms with Gasteiger partial charge in [-0.1, -0.05) is 13.8 Å². The molecule has 0 saturated heterocycles. The summed E-state index contributed by atoms with van der Waals surface area (Å²) in [5.41, 5.74) is 5.67. The Balaban J connectivity index is 4.25. The first-order valence-corrected chi connectivity index (χ1v) is 7.06. The van der Waals surface area contributed by atoms with Crippen molar-refractivity contribution in [3.63, 3.8) is 0 Å². The van der Waals surface area contributed by atoms with Gasteiger partial charge in [0.15, 0.2) is 0 Å². The Bertz CT molecular complexity index is 292. The van der Waals surface area contributed by atoms with E-state index in [-0.39, 0.29) is 17.7 Å². The number of rotatable bonds is 8. The van der Waals surface area contributed by atoms with Crippen LogP contribution in [0.15, 0.2) is 0 Å². The highest BCUT2D eigenvalue weighted by Crippen LogP contribution is 2.14. The van der Waals surface area contributed by atoms with Gasteiger partial charge in [-0.05, 0) is 38.6 Å². The molecule has 0 bridgehead atoms. The maximum absolute atomic E-state index is 11.9. The van der Waals surface area contributed by atoms with Crippen molar-refractivity contribution in [2.45, 2.75) is 46.6 Å².